The number of hydrogen-bond acceptors (Lipinski definition) is 5. The second-order valence-electron chi connectivity index (χ2n) is 8.15. The van der Waals surface area contributed by atoms with E-state index in [9.17, 15) is 4.79 Å². The van der Waals surface area contributed by atoms with E-state index in [2.05, 4.69) is 28.1 Å². The first-order valence-electron chi connectivity index (χ1n) is 10.4. The molecule has 2 aromatic heterocycles. The fourth-order valence-electron chi connectivity index (χ4n) is 4.77. The SMILES string of the molecule is O=C(c1cc2c(s1)C1(CCN(Cc3ccccn3)CC1)OCC2)N1CCCC1. The van der Waals surface area contributed by atoms with E-state index < -0.39 is 0 Å². The topological polar surface area (TPSA) is 45.7 Å². The van der Waals surface area contributed by atoms with Gasteiger partial charge in [-0.15, -0.1) is 11.3 Å². The van der Waals surface area contributed by atoms with E-state index in [4.69, 9.17) is 4.74 Å². The van der Waals surface area contributed by atoms with Crippen molar-refractivity contribution in [1.29, 1.82) is 0 Å². The van der Waals surface area contributed by atoms with Crippen LogP contribution in [0.1, 0.15) is 51.5 Å². The van der Waals surface area contributed by atoms with Crippen LogP contribution in [0.4, 0.5) is 0 Å². The number of likely N-dealkylation sites (tertiary alicyclic amines) is 2. The molecule has 2 aromatic rings. The van der Waals surface area contributed by atoms with E-state index in [0.29, 0.717) is 0 Å². The maximum absolute atomic E-state index is 12.9. The Morgan fingerprint density at radius 2 is 2.00 bits per heavy atom. The third-order valence-corrected chi connectivity index (χ3v) is 7.70. The molecule has 5 rings (SSSR count). The number of piperidine rings is 1. The summed E-state index contributed by atoms with van der Waals surface area (Å²) in [6, 6.07) is 8.26. The Bertz CT molecular complexity index is 837. The summed E-state index contributed by atoms with van der Waals surface area (Å²) in [6.07, 6.45) is 7.04. The fraction of sp³-hybridized carbons (Fsp3) is 0.545. The highest BCUT2D eigenvalue weighted by molar-refractivity contribution is 7.14. The fourth-order valence-corrected chi connectivity index (χ4v) is 6.15. The number of rotatable bonds is 3. The molecule has 6 heteroatoms. The van der Waals surface area contributed by atoms with Crippen LogP contribution in [0.3, 0.4) is 0 Å². The molecule has 3 aliphatic heterocycles. The molecule has 0 aliphatic carbocycles. The van der Waals surface area contributed by atoms with Crippen LogP contribution in [0, 0.1) is 0 Å². The van der Waals surface area contributed by atoms with Gasteiger partial charge in [-0.2, -0.15) is 0 Å². The average molecular weight is 398 g/mol. The highest BCUT2D eigenvalue weighted by atomic mass is 32.1. The Labute approximate surface area is 170 Å². The summed E-state index contributed by atoms with van der Waals surface area (Å²) in [5.41, 5.74) is 2.28. The molecule has 1 amide bonds. The third-order valence-electron chi connectivity index (χ3n) is 6.35. The molecule has 0 N–H and O–H groups in total. The maximum atomic E-state index is 12.9. The number of ether oxygens (including phenoxy) is 1. The number of carbonyl (C=O) groups is 1. The van der Waals surface area contributed by atoms with Gasteiger partial charge < -0.3 is 9.64 Å². The standard InChI is InChI=1S/C22H27N3O2S/c26-21(25-10-3-4-11-25)19-15-17-6-14-27-22(20(17)28-19)7-12-24(13-8-22)16-18-5-1-2-9-23-18/h1-2,5,9,15H,3-4,6-8,10-14,16H2. The van der Waals surface area contributed by atoms with Crippen molar-refractivity contribution >= 4 is 17.2 Å². The average Bonchev–Trinajstić information content (AvgIpc) is 3.41. The van der Waals surface area contributed by atoms with Crippen molar-refractivity contribution in [3.63, 3.8) is 0 Å². The molecule has 0 unspecified atom stereocenters. The van der Waals surface area contributed by atoms with Gasteiger partial charge in [0.05, 0.1) is 17.2 Å². The summed E-state index contributed by atoms with van der Waals surface area (Å²) in [5.74, 6) is 0.222. The lowest BCUT2D eigenvalue weighted by atomic mass is 9.85. The molecule has 0 bridgehead atoms. The summed E-state index contributed by atoms with van der Waals surface area (Å²) < 4.78 is 6.39. The van der Waals surface area contributed by atoms with Crippen LogP contribution in [-0.2, 0) is 23.3 Å². The zero-order valence-electron chi connectivity index (χ0n) is 16.2. The molecule has 5 nitrogen and oxygen atoms in total. The van der Waals surface area contributed by atoms with Crippen molar-refractivity contribution in [2.24, 2.45) is 0 Å². The number of amides is 1. The summed E-state index contributed by atoms with van der Waals surface area (Å²) in [4.78, 5) is 24.0. The largest absolute Gasteiger partial charge is 0.369 e. The van der Waals surface area contributed by atoms with Gasteiger partial charge in [-0.05, 0) is 55.9 Å². The summed E-state index contributed by atoms with van der Waals surface area (Å²) in [7, 11) is 0. The molecule has 0 radical (unpaired) electrons. The van der Waals surface area contributed by atoms with Crippen LogP contribution in [0.25, 0.3) is 0 Å². The molecular weight excluding hydrogens is 370 g/mol. The molecule has 148 valence electrons. The summed E-state index contributed by atoms with van der Waals surface area (Å²) in [5, 5.41) is 0. The Morgan fingerprint density at radius 1 is 1.18 bits per heavy atom. The second-order valence-corrected chi connectivity index (χ2v) is 9.21. The van der Waals surface area contributed by atoms with Gasteiger partial charge in [0.15, 0.2) is 0 Å². The number of pyridine rings is 1. The van der Waals surface area contributed by atoms with Crippen molar-refractivity contribution in [3.05, 3.63) is 51.5 Å². The molecule has 5 heterocycles. The molecule has 0 saturated carbocycles. The first-order valence-corrected chi connectivity index (χ1v) is 11.2. The summed E-state index contributed by atoms with van der Waals surface area (Å²) in [6.45, 7) is 5.48. The lowest BCUT2D eigenvalue weighted by Crippen LogP contribution is -2.45. The van der Waals surface area contributed by atoms with E-state index in [1.165, 1.54) is 10.4 Å². The van der Waals surface area contributed by atoms with Crippen LogP contribution in [0.2, 0.25) is 0 Å². The van der Waals surface area contributed by atoms with Crippen molar-refractivity contribution in [1.82, 2.24) is 14.8 Å². The van der Waals surface area contributed by atoms with Crippen LogP contribution >= 0.6 is 11.3 Å². The number of hydrogen-bond donors (Lipinski definition) is 0. The molecule has 0 aromatic carbocycles. The zero-order chi connectivity index (χ0) is 19.0. The summed E-state index contributed by atoms with van der Waals surface area (Å²) >= 11 is 1.69. The van der Waals surface area contributed by atoms with Gasteiger partial charge in [0.1, 0.15) is 5.60 Å². The van der Waals surface area contributed by atoms with Crippen molar-refractivity contribution in [2.45, 2.75) is 44.2 Å². The van der Waals surface area contributed by atoms with Crippen LogP contribution in [0.5, 0.6) is 0 Å². The quantitative estimate of drug-likeness (QED) is 0.796. The minimum atomic E-state index is -0.192. The van der Waals surface area contributed by atoms with Gasteiger partial charge in [0.25, 0.3) is 5.91 Å². The monoisotopic (exact) mass is 397 g/mol. The minimum absolute atomic E-state index is 0.192. The first kappa shape index (κ1) is 18.3. The van der Waals surface area contributed by atoms with E-state index >= 15 is 0 Å². The number of fused-ring (bicyclic) bond motifs is 2. The van der Waals surface area contributed by atoms with Crippen LogP contribution in [-0.4, -0.2) is 53.5 Å². The zero-order valence-corrected chi connectivity index (χ0v) is 17.0. The van der Waals surface area contributed by atoms with E-state index in [0.717, 1.165) is 82.0 Å². The molecule has 3 aliphatic rings. The highest BCUT2D eigenvalue weighted by Crippen LogP contribution is 2.45. The number of carbonyl (C=O) groups excluding carboxylic acids is 1. The van der Waals surface area contributed by atoms with E-state index in [-0.39, 0.29) is 11.5 Å². The Hall–Kier alpha value is -1.76. The number of nitrogens with zero attached hydrogens (tertiary/aromatic N) is 3. The first-order chi connectivity index (χ1) is 13.7. The molecular formula is C22H27N3O2S. The Kier molecular flexibility index (Phi) is 4.95. The van der Waals surface area contributed by atoms with Crippen molar-refractivity contribution < 1.29 is 9.53 Å². The molecule has 1 spiro atoms. The van der Waals surface area contributed by atoms with Crippen molar-refractivity contribution in [2.75, 3.05) is 32.8 Å². The smallest absolute Gasteiger partial charge is 0.263 e. The molecule has 2 saturated heterocycles. The van der Waals surface area contributed by atoms with Crippen molar-refractivity contribution in [3.8, 4) is 0 Å². The molecule has 28 heavy (non-hydrogen) atoms. The minimum Gasteiger partial charge on any atom is -0.369 e. The lowest BCUT2D eigenvalue weighted by molar-refractivity contribution is -0.0961. The van der Waals surface area contributed by atoms with Gasteiger partial charge in [-0.3, -0.25) is 14.7 Å². The maximum Gasteiger partial charge on any atom is 0.263 e. The van der Waals surface area contributed by atoms with Crippen LogP contribution in [0.15, 0.2) is 30.5 Å². The predicted octanol–water partition coefficient (Wildman–Crippen LogP) is 3.44. The van der Waals surface area contributed by atoms with E-state index in [1.807, 2.05) is 17.2 Å². The lowest BCUT2D eigenvalue weighted by Gasteiger charge is -2.43. The molecule has 0 atom stereocenters. The third kappa shape index (κ3) is 3.38. The van der Waals surface area contributed by atoms with Gasteiger partial charge in [-0.25, -0.2) is 0 Å². The van der Waals surface area contributed by atoms with E-state index in [1.54, 1.807) is 11.3 Å². The Balaban J connectivity index is 1.31. The second kappa shape index (κ2) is 7.58. The van der Waals surface area contributed by atoms with Gasteiger partial charge in [-0.1, -0.05) is 6.07 Å². The predicted molar refractivity (Wildman–Crippen MR) is 110 cm³/mol. The van der Waals surface area contributed by atoms with Gasteiger partial charge in [0.2, 0.25) is 0 Å². The van der Waals surface area contributed by atoms with Crippen LogP contribution < -0.4 is 0 Å². The normalized spacial score (nSPS) is 21.8. The number of aromatic nitrogens is 1. The Morgan fingerprint density at radius 3 is 2.75 bits per heavy atom. The molecule has 2 fully saturated rings. The van der Waals surface area contributed by atoms with Gasteiger partial charge in [0, 0.05) is 43.8 Å². The highest BCUT2D eigenvalue weighted by Gasteiger charge is 2.43. The number of thiophene rings is 1. The van der Waals surface area contributed by atoms with Gasteiger partial charge >= 0.3 is 0 Å².